The smallest absolute Gasteiger partial charge is 0.243 e. The molecule has 1 aliphatic heterocycles. The minimum atomic E-state index is -3.65. The molecule has 1 fully saturated rings. The molecule has 0 aromatic heterocycles. The van der Waals surface area contributed by atoms with E-state index in [9.17, 15) is 8.42 Å². The number of benzene rings is 2. The molecule has 0 spiro atoms. The van der Waals surface area contributed by atoms with E-state index < -0.39 is 10.0 Å². The number of methoxy groups -OCH3 is 1. The quantitative estimate of drug-likeness (QED) is 0.737. The zero-order valence-electron chi connectivity index (χ0n) is 15.1. The standard InChI is InChI=1S/C20H24ClNO3S/c1-15-7-9-16(10-8-15)19-6-4-3-5-13-22(19)26(23,24)17-11-12-20(25-2)18(21)14-17/h7-12,14,19H,3-6,13H2,1-2H3/t19-/m0/s1. The molecule has 2 aromatic carbocycles. The van der Waals surface area contributed by atoms with Crippen molar-refractivity contribution in [2.24, 2.45) is 0 Å². The van der Waals surface area contributed by atoms with Crippen molar-refractivity contribution >= 4 is 21.6 Å². The van der Waals surface area contributed by atoms with Crippen LogP contribution in [-0.4, -0.2) is 26.4 Å². The fourth-order valence-electron chi connectivity index (χ4n) is 3.43. The van der Waals surface area contributed by atoms with Gasteiger partial charge in [0.25, 0.3) is 0 Å². The molecule has 0 radical (unpaired) electrons. The molecule has 140 valence electrons. The lowest BCUT2D eigenvalue weighted by Crippen LogP contribution is -2.34. The molecule has 1 atom stereocenters. The number of hydrogen-bond acceptors (Lipinski definition) is 3. The van der Waals surface area contributed by atoms with E-state index in [-0.39, 0.29) is 10.9 Å². The highest BCUT2D eigenvalue weighted by Crippen LogP contribution is 2.36. The summed E-state index contributed by atoms with van der Waals surface area (Å²) in [6.45, 7) is 2.55. The highest BCUT2D eigenvalue weighted by molar-refractivity contribution is 7.89. The van der Waals surface area contributed by atoms with E-state index in [0.29, 0.717) is 17.3 Å². The lowest BCUT2D eigenvalue weighted by atomic mass is 10.0. The fraction of sp³-hybridized carbons (Fsp3) is 0.400. The average molecular weight is 394 g/mol. The molecule has 6 heteroatoms. The molecule has 0 amide bonds. The van der Waals surface area contributed by atoms with Gasteiger partial charge in [-0.05, 0) is 43.5 Å². The average Bonchev–Trinajstić information content (AvgIpc) is 2.89. The molecule has 26 heavy (non-hydrogen) atoms. The van der Waals surface area contributed by atoms with Gasteiger partial charge in [-0.15, -0.1) is 0 Å². The second kappa shape index (κ2) is 7.99. The minimum absolute atomic E-state index is 0.149. The predicted octanol–water partition coefficient (Wildman–Crippen LogP) is 4.96. The summed E-state index contributed by atoms with van der Waals surface area (Å²) in [6, 6.07) is 12.6. The van der Waals surface area contributed by atoms with Crippen molar-refractivity contribution < 1.29 is 13.2 Å². The maximum atomic E-state index is 13.4. The Balaban J connectivity index is 2.01. The third kappa shape index (κ3) is 3.90. The number of nitrogens with zero attached hydrogens (tertiary/aromatic N) is 1. The lowest BCUT2D eigenvalue weighted by Gasteiger charge is -2.29. The van der Waals surface area contributed by atoms with E-state index in [4.69, 9.17) is 16.3 Å². The highest BCUT2D eigenvalue weighted by atomic mass is 35.5. The van der Waals surface area contributed by atoms with Crippen LogP contribution in [0.3, 0.4) is 0 Å². The van der Waals surface area contributed by atoms with Crippen molar-refractivity contribution in [3.63, 3.8) is 0 Å². The molecule has 0 N–H and O–H groups in total. The highest BCUT2D eigenvalue weighted by Gasteiger charge is 2.33. The van der Waals surface area contributed by atoms with Crippen molar-refractivity contribution in [1.82, 2.24) is 4.31 Å². The van der Waals surface area contributed by atoms with Gasteiger partial charge in [0.15, 0.2) is 0 Å². The summed E-state index contributed by atoms with van der Waals surface area (Å²) in [7, 11) is -2.14. The second-order valence-corrected chi connectivity index (χ2v) is 8.99. The van der Waals surface area contributed by atoms with Crippen molar-refractivity contribution in [1.29, 1.82) is 0 Å². The van der Waals surface area contributed by atoms with E-state index in [1.807, 2.05) is 31.2 Å². The molecule has 0 bridgehead atoms. The number of rotatable bonds is 4. The Bertz CT molecular complexity index is 865. The summed E-state index contributed by atoms with van der Waals surface area (Å²) in [5, 5.41) is 0.301. The third-order valence-electron chi connectivity index (χ3n) is 4.90. The van der Waals surface area contributed by atoms with Crippen LogP contribution in [0.25, 0.3) is 0 Å². The van der Waals surface area contributed by atoms with Crippen LogP contribution < -0.4 is 4.74 Å². The number of sulfonamides is 1. The fourth-order valence-corrected chi connectivity index (χ4v) is 5.47. The van der Waals surface area contributed by atoms with Crippen LogP contribution in [0.15, 0.2) is 47.4 Å². The summed E-state index contributed by atoms with van der Waals surface area (Å²) < 4.78 is 33.5. The van der Waals surface area contributed by atoms with Gasteiger partial charge >= 0.3 is 0 Å². The van der Waals surface area contributed by atoms with E-state index in [0.717, 1.165) is 31.2 Å². The zero-order chi connectivity index (χ0) is 18.7. The molecule has 0 unspecified atom stereocenters. The van der Waals surface area contributed by atoms with Gasteiger partial charge < -0.3 is 4.74 Å². The van der Waals surface area contributed by atoms with E-state index in [1.165, 1.54) is 18.7 Å². The maximum absolute atomic E-state index is 13.4. The maximum Gasteiger partial charge on any atom is 0.243 e. The Labute approximate surface area is 160 Å². The zero-order valence-corrected chi connectivity index (χ0v) is 16.7. The molecule has 2 aromatic rings. The monoisotopic (exact) mass is 393 g/mol. The molecule has 3 rings (SSSR count). The van der Waals surface area contributed by atoms with Crippen molar-refractivity contribution in [2.45, 2.75) is 43.5 Å². The number of hydrogen-bond donors (Lipinski definition) is 0. The Morgan fingerprint density at radius 1 is 1.08 bits per heavy atom. The van der Waals surface area contributed by atoms with Gasteiger partial charge in [-0.25, -0.2) is 8.42 Å². The first-order valence-corrected chi connectivity index (χ1v) is 10.7. The number of aryl methyl sites for hydroxylation is 1. The van der Waals surface area contributed by atoms with Gasteiger partial charge in [0.1, 0.15) is 5.75 Å². The molecule has 1 saturated heterocycles. The molecule has 1 aliphatic rings. The van der Waals surface area contributed by atoms with Gasteiger partial charge in [-0.2, -0.15) is 4.31 Å². The molecular formula is C20H24ClNO3S. The van der Waals surface area contributed by atoms with Crippen LogP contribution in [0, 0.1) is 6.92 Å². The second-order valence-electron chi connectivity index (χ2n) is 6.69. The van der Waals surface area contributed by atoms with Crippen LogP contribution in [0.5, 0.6) is 5.75 Å². The number of halogens is 1. The Hall–Kier alpha value is -1.56. The first kappa shape index (κ1) is 19.2. The van der Waals surface area contributed by atoms with Crippen LogP contribution in [0.1, 0.15) is 42.9 Å². The SMILES string of the molecule is COc1ccc(S(=O)(=O)N2CCCCC[C@H]2c2ccc(C)cc2)cc1Cl. The topological polar surface area (TPSA) is 46.6 Å². The first-order chi connectivity index (χ1) is 12.4. The summed E-state index contributed by atoms with van der Waals surface area (Å²) in [5.74, 6) is 0.469. The summed E-state index contributed by atoms with van der Waals surface area (Å²) in [5.41, 5.74) is 2.21. The summed E-state index contributed by atoms with van der Waals surface area (Å²) in [6.07, 6.45) is 3.75. The summed E-state index contributed by atoms with van der Waals surface area (Å²) in [4.78, 5) is 0.210. The van der Waals surface area contributed by atoms with Gasteiger partial charge in [-0.3, -0.25) is 0 Å². The Morgan fingerprint density at radius 3 is 2.46 bits per heavy atom. The molecule has 4 nitrogen and oxygen atoms in total. The molecule has 0 aliphatic carbocycles. The Morgan fingerprint density at radius 2 is 1.81 bits per heavy atom. The van der Waals surface area contributed by atoms with Crippen LogP contribution in [-0.2, 0) is 10.0 Å². The minimum Gasteiger partial charge on any atom is -0.495 e. The first-order valence-electron chi connectivity index (χ1n) is 8.85. The number of ether oxygens (including phenoxy) is 1. The van der Waals surface area contributed by atoms with Gasteiger partial charge in [0, 0.05) is 6.54 Å². The summed E-state index contributed by atoms with van der Waals surface area (Å²) >= 11 is 6.17. The van der Waals surface area contributed by atoms with Crippen LogP contribution in [0.2, 0.25) is 5.02 Å². The van der Waals surface area contributed by atoms with Gasteiger partial charge in [0.05, 0.1) is 23.1 Å². The molecule has 0 saturated carbocycles. The third-order valence-corrected chi connectivity index (χ3v) is 7.10. The largest absolute Gasteiger partial charge is 0.495 e. The van der Waals surface area contributed by atoms with Crippen molar-refractivity contribution in [3.8, 4) is 5.75 Å². The van der Waals surface area contributed by atoms with E-state index in [1.54, 1.807) is 16.4 Å². The lowest BCUT2D eigenvalue weighted by molar-refractivity contribution is 0.329. The van der Waals surface area contributed by atoms with Crippen molar-refractivity contribution in [2.75, 3.05) is 13.7 Å². The molecular weight excluding hydrogens is 370 g/mol. The normalized spacial score (nSPS) is 19.1. The van der Waals surface area contributed by atoms with Gasteiger partial charge in [0.2, 0.25) is 10.0 Å². The van der Waals surface area contributed by atoms with E-state index >= 15 is 0 Å². The predicted molar refractivity (Wildman–Crippen MR) is 104 cm³/mol. The molecule has 1 heterocycles. The van der Waals surface area contributed by atoms with Crippen LogP contribution >= 0.6 is 11.6 Å². The Kier molecular flexibility index (Phi) is 5.90. The van der Waals surface area contributed by atoms with Gasteiger partial charge in [-0.1, -0.05) is 54.3 Å². The van der Waals surface area contributed by atoms with E-state index in [2.05, 4.69) is 0 Å². The van der Waals surface area contributed by atoms with Crippen LogP contribution in [0.4, 0.5) is 0 Å². The van der Waals surface area contributed by atoms with Crippen molar-refractivity contribution in [3.05, 3.63) is 58.6 Å².